The van der Waals surface area contributed by atoms with Crippen molar-refractivity contribution in [3.63, 3.8) is 0 Å². The van der Waals surface area contributed by atoms with E-state index < -0.39 is 12.0 Å². The Balaban J connectivity index is 0.00000169. The Morgan fingerprint density at radius 1 is 1.43 bits per heavy atom. The van der Waals surface area contributed by atoms with E-state index in [1.54, 1.807) is 12.1 Å². The summed E-state index contributed by atoms with van der Waals surface area (Å²) in [6.07, 6.45) is 0.947. The van der Waals surface area contributed by atoms with Crippen molar-refractivity contribution in [3.8, 4) is 0 Å². The lowest BCUT2D eigenvalue weighted by Crippen LogP contribution is -2.20. The molecule has 14 heavy (non-hydrogen) atoms. The topological polar surface area (TPSA) is 63.3 Å². The van der Waals surface area contributed by atoms with Gasteiger partial charge in [0.1, 0.15) is 6.04 Å². The molecule has 4 heteroatoms. The first-order valence-electron chi connectivity index (χ1n) is 4.22. The van der Waals surface area contributed by atoms with Gasteiger partial charge in [-0.15, -0.1) is 12.4 Å². The first-order valence-corrected chi connectivity index (χ1v) is 4.22. The van der Waals surface area contributed by atoms with Crippen molar-refractivity contribution in [2.24, 2.45) is 5.73 Å². The van der Waals surface area contributed by atoms with E-state index >= 15 is 0 Å². The van der Waals surface area contributed by atoms with Crippen LogP contribution in [0.5, 0.6) is 0 Å². The molecular formula is C10H14ClNO2. The number of rotatable bonds is 3. The lowest BCUT2D eigenvalue weighted by Gasteiger charge is -2.06. The number of carbonyl (C=O) groups is 1. The number of hydrogen-bond donors (Lipinski definition) is 2. The average Bonchev–Trinajstić information content (AvgIpc) is 2.17. The maximum atomic E-state index is 10.5. The smallest absolute Gasteiger partial charge is 0.325 e. The minimum Gasteiger partial charge on any atom is -0.480 e. The van der Waals surface area contributed by atoms with Gasteiger partial charge < -0.3 is 10.8 Å². The standard InChI is InChI=1S/C10H13NO2.ClH/c1-2-7-3-5-8(6-4-7)9(11)10(12)13;/h3-6,9H,2,11H2,1H3,(H,12,13);1H/t9-;/m1./s1. The fraction of sp³-hybridized carbons (Fsp3) is 0.300. The second-order valence-electron chi connectivity index (χ2n) is 2.91. The molecule has 0 bridgehead atoms. The Kier molecular flexibility index (Phi) is 5.20. The Morgan fingerprint density at radius 2 is 1.93 bits per heavy atom. The van der Waals surface area contributed by atoms with E-state index in [0.717, 1.165) is 6.42 Å². The van der Waals surface area contributed by atoms with Crippen LogP contribution in [0.15, 0.2) is 24.3 Å². The van der Waals surface area contributed by atoms with E-state index in [2.05, 4.69) is 0 Å². The number of nitrogens with two attached hydrogens (primary N) is 1. The maximum Gasteiger partial charge on any atom is 0.325 e. The van der Waals surface area contributed by atoms with Crippen LogP contribution in [0.2, 0.25) is 0 Å². The second kappa shape index (κ2) is 5.62. The summed E-state index contributed by atoms with van der Waals surface area (Å²) in [5.41, 5.74) is 7.25. The summed E-state index contributed by atoms with van der Waals surface area (Å²) in [6, 6.07) is 6.41. The van der Waals surface area contributed by atoms with Gasteiger partial charge in [0, 0.05) is 0 Å². The van der Waals surface area contributed by atoms with Crippen LogP contribution in [0.1, 0.15) is 24.1 Å². The van der Waals surface area contributed by atoms with Crippen molar-refractivity contribution < 1.29 is 9.90 Å². The summed E-state index contributed by atoms with van der Waals surface area (Å²) in [6.45, 7) is 2.05. The summed E-state index contributed by atoms with van der Waals surface area (Å²) in [7, 11) is 0. The predicted octanol–water partition coefficient (Wildman–Crippen LogP) is 1.76. The Bertz CT molecular complexity index is 297. The first-order chi connectivity index (χ1) is 6.15. The van der Waals surface area contributed by atoms with Crippen LogP contribution in [-0.2, 0) is 11.2 Å². The van der Waals surface area contributed by atoms with Crippen molar-refractivity contribution in [1.82, 2.24) is 0 Å². The highest BCUT2D eigenvalue weighted by molar-refractivity contribution is 5.85. The molecule has 0 aromatic heterocycles. The van der Waals surface area contributed by atoms with Crippen molar-refractivity contribution >= 4 is 18.4 Å². The summed E-state index contributed by atoms with van der Waals surface area (Å²) in [5, 5.41) is 8.64. The van der Waals surface area contributed by atoms with Gasteiger partial charge >= 0.3 is 5.97 Å². The van der Waals surface area contributed by atoms with E-state index in [0.29, 0.717) is 5.56 Å². The summed E-state index contributed by atoms with van der Waals surface area (Å²) in [4.78, 5) is 10.5. The van der Waals surface area contributed by atoms with Crippen LogP contribution in [-0.4, -0.2) is 11.1 Å². The quantitative estimate of drug-likeness (QED) is 0.808. The SMILES string of the molecule is CCc1ccc([C@@H](N)C(=O)O)cc1.Cl. The van der Waals surface area contributed by atoms with E-state index in [1.165, 1.54) is 5.56 Å². The molecule has 0 fully saturated rings. The molecule has 0 amide bonds. The lowest BCUT2D eigenvalue weighted by molar-refractivity contribution is -0.138. The molecule has 1 rings (SSSR count). The van der Waals surface area contributed by atoms with E-state index in [9.17, 15) is 4.79 Å². The minimum atomic E-state index is -0.996. The number of aliphatic carboxylic acids is 1. The van der Waals surface area contributed by atoms with Crippen LogP contribution < -0.4 is 5.73 Å². The van der Waals surface area contributed by atoms with Crippen LogP contribution in [0.3, 0.4) is 0 Å². The van der Waals surface area contributed by atoms with Crippen molar-refractivity contribution in [3.05, 3.63) is 35.4 Å². The van der Waals surface area contributed by atoms with E-state index in [4.69, 9.17) is 10.8 Å². The van der Waals surface area contributed by atoms with Gasteiger partial charge in [-0.2, -0.15) is 0 Å². The fourth-order valence-corrected chi connectivity index (χ4v) is 1.10. The zero-order chi connectivity index (χ0) is 9.84. The predicted molar refractivity (Wildman–Crippen MR) is 57.6 cm³/mol. The average molecular weight is 216 g/mol. The number of carboxylic acid groups (broad SMARTS) is 1. The summed E-state index contributed by atoms with van der Waals surface area (Å²) in [5.74, 6) is -0.996. The molecule has 1 atom stereocenters. The van der Waals surface area contributed by atoms with Crippen molar-refractivity contribution in [2.45, 2.75) is 19.4 Å². The van der Waals surface area contributed by atoms with Gasteiger partial charge in [0.05, 0.1) is 0 Å². The van der Waals surface area contributed by atoms with Gasteiger partial charge in [0.25, 0.3) is 0 Å². The molecule has 0 aliphatic rings. The molecule has 1 aromatic carbocycles. The number of hydrogen-bond acceptors (Lipinski definition) is 2. The highest BCUT2D eigenvalue weighted by atomic mass is 35.5. The molecule has 0 saturated heterocycles. The van der Waals surface area contributed by atoms with Gasteiger partial charge in [-0.3, -0.25) is 4.79 Å². The minimum absolute atomic E-state index is 0. The van der Waals surface area contributed by atoms with E-state index in [1.807, 2.05) is 19.1 Å². The zero-order valence-electron chi connectivity index (χ0n) is 7.93. The fourth-order valence-electron chi connectivity index (χ4n) is 1.10. The molecule has 0 spiro atoms. The molecule has 0 saturated carbocycles. The molecule has 0 unspecified atom stereocenters. The third kappa shape index (κ3) is 3.01. The van der Waals surface area contributed by atoms with Gasteiger partial charge in [0.2, 0.25) is 0 Å². The first kappa shape index (κ1) is 12.9. The molecule has 0 heterocycles. The number of benzene rings is 1. The molecular weight excluding hydrogens is 202 g/mol. The van der Waals surface area contributed by atoms with Crippen molar-refractivity contribution in [2.75, 3.05) is 0 Å². The second-order valence-corrected chi connectivity index (χ2v) is 2.91. The molecule has 78 valence electrons. The van der Waals surface area contributed by atoms with Gasteiger partial charge in [-0.05, 0) is 17.5 Å². The maximum absolute atomic E-state index is 10.5. The number of aryl methyl sites for hydroxylation is 1. The summed E-state index contributed by atoms with van der Waals surface area (Å²) < 4.78 is 0. The molecule has 0 aliphatic carbocycles. The van der Waals surface area contributed by atoms with Crippen LogP contribution >= 0.6 is 12.4 Å². The number of carboxylic acids is 1. The van der Waals surface area contributed by atoms with Crippen LogP contribution in [0, 0.1) is 0 Å². The van der Waals surface area contributed by atoms with Crippen molar-refractivity contribution in [1.29, 1.82) is 0 Å². The molecule has 0 radical (unpaired) electrons. The zero-order valence-corrected chi connectivity index (χ0v) is 8.75. The lowest BCUT2D eigenvalue weighted by atomic mass is 10.0. The highest BCUT2D eigenvalue weighted by Crippen LogP contribution is 2.11. The van der Waals surface area contributed by atoms with Gasteiger partial charge in [-0.1, -0.05) is 31.2 Å². The highest BCUT2D eigenvalue weighted by Gasteiger charge is 2.12. The van der Waals surface area contributed by atoms with Gasteiger partial charge in [-0.25, -0.2) is 0 Å². The third-order valence-electron chi connectivity index (χ3n) is 2.01. The Morgan fingerprint density at radius 3 is 2.29 bits per heavy atom. The Hall–Kier alpha value is -1.06. The Labute approximate surface area is 89.3 Å². The molecule has 0 aliphatic heterocycles. The normalized spacial score (nSPS) is 11.6. The number of halogens is 1. The summed E-state index contributed by atoms with van der Waals surface area (Å²) >= 11 is 0. The molecule has 1 aromatic rings. The van der Waals surface area contributed by atoms with Crippen LogP contribution in [0.4, 0.5) is 0 Å². The monoisotopic (exact) mass is 215 g/mol. The molecule has 3 nitrogen and oxygen atoms in total. The van der Waals surface area contributed by atoms with Gasteiger partial charge in [0.15, 0.2) is 0 Å². The largest absolute Gasteiger partial charge is 0.480 e. The van der Waals surface area contributed by atoms with E-state index in [-0.39, 0.29) is 12.4 Å². The third-order valence-corrected chi connectivity index (χ3v) is 2.01. The van der Waals surface area contributed by atoms with Crippen LogP contribution in [0.25, 0.3) is 0 Å². The molecule has 3 N–H and O–H groups in total.